The molecule has 3 aromatic carbocycles. The van der Waals surface area contributed by atoms with Crippen LogP contribution >= 0.6 is 11.6 Å². The third-order valence-corrected chi connectivity index (χ3v) is 8.69. The van der Waals surface area contributed by atoms with Crippen molar-refractivity contribution in [3.8, 4) is 11.5 Å². The summed E-state index contributed by atoms with van der Waals surface area (Å²) in [7, 11) is -4.56. The Hall–Kier alpha value is -3.32. The molecule has 0 aliphatic carbocycles. The van der Waals surface area contributed by atoms with Crippen LogP contribution in [-0.4, -0.2) is 54.4 Å². The SMILES string of the molecule is CCOc1ccc(NS(=O)(=O)c2ccc(OCC(=O)NCc3ccc(S(=O)(=O)N(C)C)cc3)c(Cl)c2)cc1. The fraction of sp³-hybridized carbons (Fsp3) is 0.240. The van der Waals surface area contributed by atoms with E-state index in [0.29, 0.717) is 23.6 Å². The fourth-order valence-corrected chi connectivity index (χ4v) is 5.44. The number of carbonyl (C=O) groups excluding carboxylic acids is 1. The molecule has 204 valence electrons. The minimum Gasteiger partial charge on any atom is -0.494 e. The molecule has 0 aromatic heterocycles. The van der Waals surface area contributed by atoms with Gasteiger partial charge in [-0.2, -0.15) is 0 Å². The van der Waals surface area contributed by atoms with E-state index in [9.17, 15) is 21.6 Å². The number of amides is 1. The van der Waals surface area contributed by atoms with E-state index in [1.807, 2.05) is 6.92 Å². The molecular formula is C25H28ClN3O7S2. The van der Waals surface area contributed by atoms with Crippen molar-refractivity contribution in [3.63, 3.8) is 0 Å². The minimum absolute atomic E-state index is 0.0186. The van der Waals surface area contributed by atoms with Crippen LogP contribution in [0, 0.1) is 0 Å². The van der Waals surface area contributed by atoms with Gasteiger partial charge in [0.25, 0.3) is 15.9 Å². The van der Waals surface area contributed by atoms with Gasteiger partial charge in [-0.1, -0.05) is 23.7 Å². The Morgan fingerprint density at radius 1 is 0.895 bits per heavy atom. The maximum absolute atomic E-state index is 12.7. The maximum atomic E-state index is 12.7. The van der Waals surface area contributed by atoms with Crippen LogP contribution in [0.1, 0.15) is 12.5 Å². The van der Waals surface area contributed by atoms with E-state index in [2.05, 4.69) is 10.0 Å². The lowest BCUT2D eigenvalue weighted by Crippen LogP contribution is -2.28. The van der Waals surface area contributed by atoms with Crippen LogP contribution < -0.4 is 19.5 Å². The Kier molecular flexibility index (Phi) is 9.60. The number of ether oxygens (including phenoxy) is 2. The van der Waals surface area contributed by atoms with Crippen LogP contribution in [0.2, 0.25) is 5.02 Å². The molecule has 13 heteroatoms. The first-order chi connectivity index (χ1) is 17.9. The van der Waals surface area contributed by atoms with Gasteiger partial charge >= 0.3 is 0 Å². The first-order valence-corrected chi connectivity index (χ1v) is 14.7. The Labute approximate surface area is 227 Å². The molecule has 10 nitrogen and oxygen atoms in total. The summed E-state index contributed by atoms with van der Waals surface area (Å²) in [4.78, 5) is 12.3. The molecule has 0 radical (unpaired) electrons. The molecule has 0 atom stereocenters. The number of anilines is 1. The van der Waals surface area contributed by atoms with Crippen molar-refractivity contribution < 1.29 is 31.1 Å². The summed E-state index contributed by atoms with van der Waals surface area (Å²) >= 11 is 6.21. The smallest absolute Gasteiger partial charge is 0.261 e. The van der Waals surface area contributed by atoms with Crippen molar-refractivity contribution in [2.75, 3.05) is 32.0 Å². The summed E-state index contributed by atoms with van der Waals surface area (Å²) in [6, 6.07) is 16.5. The standard InChI is InChI=1S/C25H28ClN3O7S2/c1-4-35-20-9-7-19(8-10-20)28-37(31,32)22-13-14-24(23(26)15-22)36-17-25(30)27-16-18-5-11-21(12-6-18)38(33,34)29(2)3/h5-15,28H,4,16-17H2,1-3H3,(H,27,30). The van der Waals surface area contributed by atoms with Gasteiger partial charge in [0, 0.05) is 26.3 Å². The first-order valence-electron chi connectivity index (χ1n) is 11.4. The highest BCUT2D eigenvalue weighted by atomic mass is 35.5. The predicted octanol–water partition coefficient (Wildman–Crippen LogP) is 3.49. The predicted molar refractivity (Wildman–Crippen MR) is 145 cm³/mol. The lowest BCUT2D eigenvalue weighted by atomic mass is 10.2. The molecule has 0 bridgehead atoms. The molecule has 0 unspecified atom stereocenters. The second-order valence-corrected chi connectivity index (χ2v) is 12.4. The van der Waals surface area contributed by atoms with E-state index < -0.39 is 26.0 Å². The monoisotopic (exact) mass is 581 g/mol. The van der Waals surface area contributed by atoms with Gasteiger partial charge in [-0.15, -0.1) is 0 Å². The maximum Gasteiger partial charge on any atom is 0.261 e. The van der Waals surface area contributed by atoms with Crippen molar-refractivity contribution in [1.82, 2.24) is 9.62 Å². The normalized spacial score (nSPS) is 11.7. The molecule has 0 saturated carbocycles. The van der Waals surface area contributed by atoms with Crippen LogP contribution in [0.5, 0.6) is 11.5 Å². The van der Waals surface area contributed by atoms with Gasteiger partial charge in [0.1, 0.15) is 11.5 Å². The summed E-state index contributed by atoms with van der Waals surface area (Å²) in [6.45, 7) is 2.15. The molecule has 3 aromatic rings. The van der Waals surface area contributed by atoms with Crippen molar-refractivity contribution in [3.05, 3.63) is 77.3 Å². The Balaban J connectivity index is 1.54. The summed E-state index contributed by atoms with van der Waals surface area (Å²) in [6.07, 6.45) is 0. The largest absolute Gasteiger partial charge is 0.494 e. The van der Waals surface area contributed by atoms with Crippen molar-refractivity contribution in [1.29, 1.82) is 0 Å². The lowest BCUT2D eigenvalue weighted by Gasteiger charge is -2.13. The van der Waals surface area contributed by atoms with Crippen molar-refractivity contribution in [2.45, 2.75) is 23.3 Å². The van der Waals surface area contributed by atoms with Gasteiger partial charge in [0.05, 0.1) is 21.4 Å². The lowest BCUT2D eigenvalue weighted by molar-refractivity contribution is -0.123. The quantitative estimate of drug-likeness (QED) is 0.335. The zero-order valence-electron chi connectivity index (χ0n) is 21.0. The third-order valence-electron chi connectivity index (χ3n) is 5.18. The number of carbonyl (C=O) groups is 1. The van der Waals surface area contributed by atoms with Crippen molar-refractivity contribution >= 4 is 43.2 Å². The van der Waals surface area contributed by atoms with Gasteiger partial charge < -0.3 is 14.8 Å². The first kappa shape index (κ1) is 29.2. The zero-order valence-corrected chi connectivity index (χ0v) is 23.4. The number of hydrogen-bond donors (Lipinski definition) is 2. The van der Waals surface area contributed by atoms with E-state index in [1.54, 1.807) is 36.4 Å². The van der Waals surface area contributed by atoms with E-state index in [4.69, 9.17) is 21.1 Å². The summed E-state index contributed by atoms with van der Waals surface area (Å²) < 4.78 is 64.1. The molecule has 0 fully saturated rings. The van der Waals surface area contributed by atoms with Crippen LogP contribution in [0.15, 0.2) is 76.5 Å². The van der Waals surface area contributed by atoms with E-state index in [1.165, 1.54) is 44.4 Å². The Morgan fingerprint density at radius 2 is 1.53 bits per heavy atom. The van der Waals surface area contributed by atoms with E-state index >= 15 is 0 Å². The number of nitrogens with one attached hydrogen (secondary N) is 2. The molecular weight excluding hydrogens is 554 g/mol. The number of rotatable bonds is 12. The van der Waals surface area contributed by atoms with Gasteiger partial charge in [-0.3, -0.25) is 9.52 Å². The fourth-order valence-electron chi connectivity index (χ4n) is 3.15. The molecule has 0 aliphatic rings. The number of nitrogens with zero attached hydrogens (tertiary/aromatic N) is 1. The second-order valence-electron chi connectivity index (χ2n) is 8.15. The van der Waals surface area contributed by atoms with E-state index in [0.717, 1.165) is 4.31 Å². The topological polar surface area (TPSA) is 131 Å². The third kappa shape index (κ3) is 7.60. The van der Waals surface area contributed by atoms with Gasteiger partial charge in [0.15, 0.2) is 6.61 Å². The molecule has 0 aliphatic heterocycles. The van der Waals surface area contributed by atoms with Crippen LogP contribution in [0.25, 0.3) is 0 Å². The highest BCUT2D eigenvalue weighted by molar-refractivity contribution is 7.92. The van der Waals surface area contributed by atoms with Crippen LogP contribution in [-0.2, 0) is 31.4 Å². The van der Waals surface area contributed by atoms with Crippen LogP contribution in [0.4, 0.5) is 5.69 Å². The average molecular weight is 582 g/mol. The molecule has 0 spiro atoms. The molecule has 0 heterocycles. The average Bonchev–Trinajstić information content (AvgIpc) is 2.88. The summed E-state index contributed by atoms with van der Waals surface area (Å²) in [5.41, 5.74) is 1.05. The Bertz CT molecular complexity index is 1480. The van der Waals surface area contributed by atoms with Crippen molar-refractivity contribution in [2.24, 2.45) is 0 Å². The van der Waals surface area contributed by atoms with Gasteiger partial charge in [-0.05, 0) is 67.1 Å². The second kappa shape index (κ2) is 12.5. The summed E-state index contributed by atoms with van der Waals surface area (Å²) in [5, 5.41) is 2.68. The molecule has 2 N–H and O–H groups in total. The molecule has 0 saturated heterocycles. The number of sulfonamides is 2. The van der Waals surface area contributed by atoms with Gasteiger partial charge in [-0.25, -0.2) is 21.1 Å². The number of hydrogen-bond acceptors (Lipinski definition) is 7. The molecule has 38 heavy (non-hydrogen) atoms. The Morgan fingerprint density at radius 3 is 2.11 bits per heavy atom. The highest BCUT2D eigenvalue weighted by Crippen LogP contribution is 2.28. The highest BCUT2D eigenvalue weighted by Gasteiger charge is 2.18. The molecule has 1 amide bonds. The number of benzene rings is 3. The summed E-state index contributed by atoms with van der Waals surface area (Å²) in [5.74, 6) is 0.317. The van der Waals surface area contributed by atoms with E-state index in [-0.39, 0.29) is 33.7 Å². The van der Waals surface area contributed by atoms with Crippen LogP contribution in [0.3, 0.4) is 0 Å². The van der Waals surface area contributed by atoms with Gasteiger partial charge in [0.2, 0.25) is 10.0 Å². The zero-order chi connectivity index (χ0) is 27.9. The molecule has 3 rings (SSSR count). The minimum atomic E-state index is -3.92. The number of halogens is 1.